The van der Waals surface area contributed by atoms with Gasteiger partial charge >= 0.3 is 0 Å². The Labute approximate surface area is 81.7 Å². The molecule has 0 amide bonds. The van der Waals surface area contributed by atoms with Gasteiger partial charge < -0.3 is 9.53 Å². The number of ether oxygens (including phenoxy) is 1. The molecule has 0 radical (unpaired) electrons. The number of hydrogen-bond donors (Lipinski definition) is 0. The second-order valence-corrected chi connectivity index (χ2v) is 3.90. The number of carbonyl (C=O) groups is 1. The lowest BCUT2D eigenvalue weighted by molar-refractivity contribution is -0.113. The minimum absolute atomic E-state index is 0.124. The first kappa shape index (κ1) is 12.6. The zero-order valence-electron chi connectivity index (χ0n) is 9.41. The zero-order chi connectivity index (χ0) is 10.4. The number of hydrogen-bond acceptors (Lipinski definition) is 2. The van der Waals surface area contributed by atoms with E-state index in [0.29, 0.717) is 11.8 Å². The van der Waals surface area contributed by atoms with E-state index in [1.807, 2.05) is 6.92 Å². The number of carbonyl (C=O) groups excluding carboxylic acids is 1. The van der Waals surface area contributed by atoms with Crippen LogP contribution in [0.15, 0.2) is 0 Å². The van der Waals surface area contributed by atoms with E-state index in [-0.39, 0.29) is 12.0 Å². The van der Waals surface area contributed by atoms with Gasteiger partial charge in [-0.3, -0.25) is 0 Å². The molecule has 0 fully saturated rings. The molecule has 4 atom stereocenters. The second-order valence-electron chi connectivity index (χ2n) is 3.90. The van der Waals surface area contributed by atoms with E-state index in [1.54, 1.807) is 7.11 Å². The molecule has 0 aromatic heterocycles. The van der Waals surface area contributed by atoms with Crippen LogP contribution in [0.25, 0.3) is 0 Å². The van der Waals surface area contributed by atoms with Crippen molar-refractivity contribution >= 4 is 6.29 Å². The van der Waals surface area contributed by atoms with E-state index in [1.165, 1.54) is 0 Å². The Bertz CT molecular complexity index is 141. The van der Waals surface area contributed by atoms with E-state index in [9.17, 15) is 4.79 Å². The van der Waals surface area contributed by atoms with E-state index in [0.717, 1.165) is 12.7 Å². The normalized spacial score (nSPS) is 20.4. The molecule has 0 rings (SSSR count). The van der Waals surface area contributed by atoms with Crippen LogP contribution < -0.4 is 0 Å². The highest BCUT2D eigenvalue weighted by Gasteiger charge is 2.24. The number of aldehydes is 1. The summed E-state index contributed by atoms with van der Waals surface area (Å²) in [6.07, 6.45) is 2.31. The molecule has 0 saturated carbocycles. The summed E-state index contributed by atoms with van der Waals surface area (Å²) in [5.74, 6) is 0.955. The fourth-order valence-electron chi connectivity index (χ4n) is 1.69. The van der Waals surface area contributed by atoms with Crippen LogP contribution in [0.2, 0.25) is 0 Å². The van der Waals surface area contributed by atoms with Gasteiger partial charge in [0.2, 0.25) is 0 Å². The Morgan fingerprint density at radius 3 is 2.08 bits per heavy atom. The molecule has 0 aliphatic carbocycles. The van der Waals surface area contributed by atoms with Gasteiger partial charge in [0.1, 0.15) is 6.29 Å². The number of rotatable bonds is 6. The largest absolute Gasteiger partial charge is 0.381 e. The van der Waals surface area contributed by atoms with Crippen molar-refractivity contribution in [2.24, 2.45) is 17.8 Å². The van der Waals surface area contributed by atoms with Crippen LogP contribution in [0.3, 0.4) is 0 Å². The quantitative estimate of drug-likeness (QED) is 0.596. The topological polar surface area (TPSA) is 26.3 Å². The molecular formula is C11H22O2. The summed E-state index contributed by atoms with van der Waals surface area (Å²) in [4.78, 5) is 10.6. The van der Waals surface area contributed by atoms with Crippen molar-refractivity contribution in [2.75, 3.05) is 7.11 Å². The molecule has 0 aromatic rings. The highest BCUT2D eigenvalue weighted by molar-refractivity contribution is 5.53. The van der Waals surface area contributed by atoms with Crippen LogP contribution in [0.5, 0.6) is 0 Å². The lowest BCUT2D eigenvalue weighted by Gasteiger charge is -2.28. The summed E-state index contributed by atoms with van der Waals surface area (Å²) in [6, 6.07) is 0. The predicted molar refractivity (Wildman–Crippen MR) is 54.6 cm³/mol. The summed E-state index contributed by atoms with van der Waals surface area (Å²) in [7, 11) is 1.74. The van der Waals surface area contributed by atoms with Crippen molar-refractivity contribution < 1.29 is 9.53 Å². The van der Waals surface area contributed by atoms with Crippen LogP contribution in [0, 0.1) is 17.8 Å². The van der Waals surface area contributed by atoms with Gasteiger partial charge in [0.05, 0.1) is 6.10 Å². The Balaban J connectivity index is 4.20. The lowest BCUT2D eigenvalue weighted by Crippen LogP contribution is -2.29. The van der Waals surface area contributed by atoms with Gasteiger partial charge in [-0.1, -0.05) is 27.7 Å². The van der Waals surface area contributed by atoms with Crippen LogP contribution in [0.4, 0.5) is 0 Å². The Kier molecular flexibility index (Phi) is 5.97. The first-order valence-corrected chi connectivity index (χ1v) is 5.06. The Morgan fingerprint density at radius 1 is 1.23 bits per heavy atom. The molecule has 0 heterocycles. The SMILES string of the molecule is CCC(OC)C(C)C(C)C(C)C=O. The van der Waals surface area contributed by atoms with Crippen LogP contribution in [0.1, 0.15) is 34.1 Å². The maximum atomic E-state index is 10.6. The number of methoxy groups -OCH3 is 1. The summed E-state index contributed by atoms with van der Waals surface area (Å²) < 4.78 is 5.36. The van der Waals surface area contributed by atoms with Crippen LogP contribution in [-0.2, 0) is 9.53 Å². The van der Waals surface area contributed by atoms with Crippen molar-refractivity contribution in [1.82, 2.24) is 0 Å². The molecule has 13 heavy (non-hydrogen) atoms. The van der Waals surface area contributed by atoms with E-state index < -0.39 is 0 Å². The maximum Gasteiger partial charge on any atom is 0.123 e. The highest BCUT2D eigenvalue weighted by atomic mass is 16.5. The highest BCUT2D eigenvalue weighted by Crippen LogP contribution is 2.25. The lowest BCUT2D eigenvalue weighted by atomic mass is 9.82. The molecule has 0 saturated heterocycles. The molecule has 78 valence electrons. The van der Waals surface area contributed by atoms with Gasteiger partial charge in [0, 0.05) is 13.0 Å². The average Bonchev–Trinajstić information content (AvgIpc) is 2.17. The maximum absolute atomic E-state index is 10.6. The molecular weight excluding hydrogens is 164 g/mol. The monoisotopic (exact) mass is 186 g/mol. The summed E-state index contributed by atoms with van der Waals surface area (Å²) in [6.45, 7) is 8.35. The molecule has 0 bridgehead atoms. The molecule has 2 nitrogen and oxygen atoms in total. The van der Waals surface area contributed by atoms with E-state index in [2.05, 4.69) is 20.8 Å². The van der Waals surface area contributed by atoms with E-state index in [4.69, 9.17) is 4.74 Å². The average molecular weight is 186 g/mol. The standard InChI is InChI=1S/C11H22O2/c1-6-11(13-5)10(4)9(3)8(2)7-12/h7-11H,6H2,1-5H3. The van der Waals surface area contributed by atoms with Gasteiger partial charge in [-0.15, -0.1) is 0 Å². The third-order valence-corrected chi connectivity index (χ3v) is 3.16. The fraction of sp³-hybridized carbons (Fsp3) is 0.909. The van der Waals surface area contributed by atoms with Gasteiger partial charge in [-0.2, -0.15) is 0 Å². The van der Waals surface area contributed by atoms with Crippen LogP contribution >= 0.6 is 0 Å². The van der Waals surface area contributed by atoms with Crippen molar-refractivity contribution in [3.63, 3.8) is 0 Å². The van der Waals surface area contributed by atoms with Crippen molar-refractivity contribution in [3.05, 3.63) is 0 Å². The zero-order valence-corrected chi connectivity index (χ0v) is 9.41. The third-order valence-electron chi connectivity index (χ3n) is 3.16. The van der Waals surface area contributed by atoms with Gasteiger partial charge in [-0.05, 0) is 18.3 Å². The first-order valence-electron chi connectivity index (χ1n) is 5.06. The third kappa shape index (κ3) is 3.47. The fourth-order valence-corrected chi connectivity index (χ4v) is 1.69. The summed E-state index contributed by atoms with van der Waals surface area (Å²) in [5, 5.41) is 0. The van der Waals surface area contributed by atoms with Gasteiger partial charge in [0.15, 0.2) is 0 Å². The molecule has 0 N–H and O–H groups in total. The summed E-state index contributed by atoms with van der Waals surface area (Å²) >= 11 is 0. The minimum Gasteiger partial charge on any atom is -0.381 e. The van der Waals surface area contributed by atoms with Crippen LogP contribution in [-0.4, -0.2) is 19.5 Å². The molecule has 4 unspecified atom stereocenters. The van der Waals surface area contributed by atoms with E-state index >= 15 is 0 Å². The first-order chi connectivity index (χ1) is 6.08. The molecule has 0 aliphatic rings. The molecule has 0 aliphatic heterocycles. The Hall–Kier alpha value is -0.370. The van der Waals surface area contributed by atoms with Gasteiger partial charge in [-0.25, -0.2) is 0 Å². The van der Waals surface area contributed by atoms with Crippen molar-refractivity contribution in [1.29, 1.82) is 0 Å². The Morgan fingerprint density at radius 2 is 1.77 bits per heavy atom. The smallest absolute Gasteiger partial charge is 0.123 e. The van der Waals surface area contributed by atoms with Crippen molar-refractivity contribution in [3.8, 4) is 0 Å². The van der Waals surface area contributed by atoms with Crippen molar-refractivity contribution in [2.45, 2.75) is 40.2 Å². The van der Waals surface area contributed by atoms with Gasteiger partial charge in [0.25, 0.3) is 0 Å². The molecule has 0 spiro atoms. The summed E-state index contributed by atoms with van der Waals surface area (Å²) in [5.41, 5.74) is 0. The second kappa shape index (κ2) is 6.14. The minimum atomic E-state index is 0.124. The molecule has 2 heteroatoms. The predicted octanol–water partition coefficient (Wildman–Crippen LogP) is 2.52. The molecule has 0 aromatic carbocycles.